The number of hydrogen-bond acceptors (Lipinski definition) is 6. The maximum absolute atomic E-state index is 12.3. The molecular weight excluding hydrogens is 452 g/mol. The van der Waals surface area contributed by atoms with Gasteiger partial charge in [0.05, 0.1) is 11.1 Å². The molecule has 0 aliphatic heterocycles. The maximum atomic E-state index is 12.3. The lowest BCUT2D eigenvalue weighted by Crippen LogP contribution is -2.19. The average molecular weight is 474 g/mol. The zero-order valence-corrected chi connectivity index (χ0v) is 18.9. The van der Waals surface area contributed by atoms with Gasteiger partial charge in [-0.1, -0.05) is 38.1 Å². The van der Waals surface area contributed by atoms with Crippen molar-refractivity contribution < 1.29 is 38.9 Å². The van der Waals surface area contributed by atoms with Crippen LogP contribution in [0, 0.1) is 0 Å². The van der Waals surface area contributed by atoms with Crippen molar-refractivity contribution in [3.8, 4) is 11.5 Å². The lowest BCUT2D eigenvalue weighted by Gasteiger charge is -2.26. The first kappa shape index (κ1) is 24.9. The Morgan fingerprint density at radius 1 is 0.657 bits per heavy atom. The molecule has 0 heterocycles. The summed E-state index contributed by atoms with van der Waals surface area (Å²) in [6.45, 7) is 4.02. The standard InChI is InChI=1S/C27H22O8/c1-27(2,19-7-11-21(12-8-19)34-24(30)16-15-23(28)29)20-9-13-22(14-10-20)35-26(33)18-5-3-17(4-6-18)25(31)32/h3-16H,1-2H3,(H,28,29)(H,31,32). The van der Waals surface area contributed by atoms with E-state index in [0.717, 1.165) is 17.2 Å². The molecule has 0 saturated heterocycles. The predicted molar refractivity (Wildman–Crippen MR) is 126 cm³/mol. The van der Waals surface area contributed by atoms with Crippen LogP contribution in [-0.2, 0) is 15.0 Å². The average Bonchev–Trinajstić information content (AvgIpc) is 2.83. The summed E-state index contributed by atoms with van der Waals surface area (Å²) in [6.07, 6.45) is 1.54. The van der Waals surface area contributed by atoms with Crippen LogP contribution in [0.4, 0.5) is 0 Å². The molecule has 3 rings (SSSR count). The molecule has 3 aromatic rings. The Morgan fingerprint density at radius 2 is 1.11 bits per heavy atom. The summed E-state index contributed by atoms with van der Waals surface area (Å²) in [5.41, 5.74) is 1.76. The molecule has 0 saturated carbocycles. The highest BCUT2D eigenvalue weighted by atomic mass is 16.5. The van der Waals surface area contributed by atoms with Gasteiger partial charge in [0, 0.05) is 17.6 Å². The zero-order chi connectivity index (χ0) is 25.6. The van der Waals surface area contributed by atoms with Crippen LogP contribution in [0.5, 0.6) is 11.5 Å². The third kappa shape index (κ3) is 6.42. The number of aromatic carboxylic acids is 1. The number of ether oxygens (including phenoxy) is 2. The number of hydrogen-bond donors (Lipinski definition) is 2. The summed E-state index contributed by atoms with van der Waals surface area (Å²) >= 11 is 0. The molecule has 0 amide bonds. The number of carbonyl (C=O) groups is 4. The molecule has 8 heteroatoms. The van der Waals surface area contributed by atoms with Gasteiger partial charge in [0.1, 0.15) is 11.5 Å². The zero-order valence-electron chi connectivity index (χ0n) is 18.9. The van der Waals surface area contributed by atoms with Crippen molar-refractivity contribution in [2.75, 3.05) is 0 Å². The molecule has 0 spiro atoms. The largest absolute Gasteiger partial charge is 0.478 e. The Kier molecular flexibility index (Phi) is 7.46. The van der Waals surface area contributed by atoms with Crippen molar-refractivity contribution in [1.82, 2.24) is 0 Å². The summed E-state index contributed by atoms with van der Waals surface area (Å²) in [7, 11) is 0. The van der Waals surface area contributed by atoms with Gasteiger partial charge in [0.25, 0.3) is 0 Å². The fourth-order valence-corrected chi connectivity index (χ4v) is 3.25. The van der Waals surface area contributed by atoms with E-state index in [1.54, 1.807) is 36.4 Å². The molecule has 0 fully saturated rings. The normalized spacial score (nSPS) is 11.1. The molecule has 0 aliphatic rings. The van der Waals surface area contributed by atoms with Crippen LogP contribution in [0.3, 0.4) is 0 Å². The number of aliphatic carboxylic acids is 1. The minimum atomic E-state index is -1.24. The van der Waals surface area contributed by atoms with E-state index in [1.165, 1.54) is 24.3 Å². The smallest absolute Gasteiger partial charge is 0.343 e. The van der Waals surface area contributed by atoms with Gasteiger partial charge in [-0.05, 0) is 59.7 Å². The number of carbonyl (C=O) groups excluding carboxylic acids is 2. The minimum Gasteiger partial charge on any atom is -0.478 e. The van der Waals surface area contributed by atoms with Gasteiger partial charge in [0.2, 0.25) is 0 Å². The van der Waals surface area contributed by atoms with E-state index in [9.17, 15) is 19.2 Å². The Labute approximate surface area is 201 Å². The molecule has 0 aliphatic carbocycles. The van der Waals surface area contributed by atoms with Crippen LogP contribution < -0.4 is 9.47 Å². The Balaban J connectivity index is 1.67. The van der Waals surface area contributed by atoms with Crippen molar-refractivity contribution in [3.63, 3.8) is 0 Å². The molecule has 0 unspecified atom stereocenters. The van der Waals surface area contributed by atoms with E-state index in [1.807, 2.05) is 26.0 Å². The molecular formula is C27H22O8. The van der Waals surface area contributed by atoms with Crippen LogP contribution >= 0.6 is 0 Å². The van der Waals surface area contributed by atoms with Crippen LogP contribution in [0.25, 0.3) is 0 Å². The lowest BCUT2D eigenvalue weighted by atomic mass is 9.78. The highest BCUT2D eigenvalue weighted by molar-refractivity contribution is 5.93. The highest BCUT2D eigenvalue weighted by Crippen LogP contribution is 2.33. The monoisotopic (exact) mass is 474 g/mol. The SMILES string of the molecule is CC(C)(c1ccc(OC(=O)C=CC(=O)O)cc1)c1ccc(OC(=O)c2ccc(C(=O)O)cc2)cc1. The van der Waals surface area contributed by atoms with Gasteiger partial charge >= 0.3 is 23.9 Å². The molecule has 35 heavy (non-hydrogen) atoms. The van der Waals surface area contributed by atoms with Crippen LogP contribution in [-0.4, -0.2) is 34.1 Å². The van der Waals surface area contributed by atoms with Crippen molar-refractivity contribution in [3.05, 3.63) is 107 Å². The molecule has 0 bridgehead atoms. The Hall–Kier alpha value is -4.72. The van der Waals surface area contributed by atoms with Gasteiger partial charge in [0.15, 0.2) is 0 Å². The quantitative estimate of drug-likeness (QED) is 0.278. The van der Waals surface area contributed by atoms with E-state index in [2.05, 4.69) is 0 Å². The van der Waals surface area contributed by atoms with Gasteiger partial charge in [-0.2, -0.15) is 0 Å². The second-order valence-corrected chi connectivity index (χ2v) is 8.04. The van der Waals surface area contributed by atoms with Crippen LogP contribution in [0.1, 0.15) is 45.7 Å². The molecule has 2 N–H and O–H groups in total. The summed E-state index contributed by atoms with van der Waals surface area (Å²) in [6, 6.07) is 19.3. The van der Waals surface area contributed by atoms with Crippen molar-refractivity contribution in [2.24, 2.45) is 0 Å². The van der Waals surface area contributed by atoms with E-state index in [0.29, 0.717) is 11.8 Å². The van der Waals surface area contributed by atoms with Gasteiger partial charge in [-0.25, -0.2) is 19.2 Å². The third-order valence-electron chi connectivity index (χ3n) is 5.31. The van der Waals surface area contributed by atoms with E-state index >= 15 is 0 Å². The van der Waals surface area contributed by atoms with Gasteiger partial charge in [-0.15, -0.1) is 0 Å². The lowest BCUT2D eigenvalue weighted by molar-refractivity contribution is -0.133. The fourth-order valence-electron chi connectivity index (χ4n) is 3.25. The number of benzene rings is 3. The second kappa shape index (κ2) is 10.5. The summed E-state index contributed by atoms with van der Waals surface area (Å²) in [5, 5.41) is 17.5. The second-order valence-electron chi connectivity index (χ2n) is 8.04. The topological polar surface area (TPSA) is 127 Å². The maximum Gasteiger partial charge on any atom is 0.343 e. The molecule has 178 valence electrons. The number of esters is 2. The highest BCUT2D eigenvalue weighted by Gasteiger charge is 2.23. The summed E-state index contributed by atoms with van der Waals surface area (Å²) in [4.78, 5) is 45.4. The Morgan fingerprint density at radius 3 is 1.57 bits per heavy atom. The molecule has 3 aromatic carbocycles. The van der Waals surface area contributed by atoms with Gasteiger partial charge < -0.3 is 19.7 Å². The van der Waals surface area contributed by atoms with Crippen molar-refractivity contribution in [1.29, 1.82) is 0 Å². The first-order chi connectivity index (χ1) is 16.6. The van der Waals surface area contributed by atoms with Crippen molar-refractivity contribution >= 4 is 23.9 Å². The number of carboxylic acid groups (broad SMARTS) is 2. The molecule has 0 atom stereocenters. The fraction of sp³-hybridized carbons (Fsp3) is 0.111. The predicted octanol–water partition coefficient (Wildman–Crippen LogP) is 4.48. The van der Waals surface area contributed by atoms with Crippen molar-refractivity contribution in [2.45, 2.75) is 19.3 Å². The molecule has 0 radical (unpaired) electrons. The molecule has 8 nitrogen and oxygen atoms in total. The van der Waals surface area contributed by atoms with E-state index in [4.69, 9.17) is 19.7 Å². The Bertz CT molecular complexity index is 1270. The summed E-state index contributed by atoms with van der Waals surface area (Å²) < 4.78 is 10.5. The molecule has 0 aromatic heterocycles. The first-order valence-corrected chi connectivity index (χ1v) is 10.5. The number of rotatable bonds is 8. The first-order valence-electron chi connectivity index (χ1n) is 10.5. The van der Waals surface area contributed by atoms with E-state index in [-0.39, 0.29) is 16.9 Å². The minimum absolute atomic E-state index is 0.0781. The van der Waals surface area contributed by atoms with Gasteiger partial charge in [-0.3, -0.25) is 0 Å². The van der Waals surface area contributed by atoms with Crippen LogP contribution in [0.15, 0.2) is 84.9 Å². The number of carboxylic acids is 2. The van der Waals surface area contributed by atoms with Crippen LogP contribution in [0.2, 0.25) is 0 Å². The third-order valence-corrected chi connectivity index (χ3v) is 5.31. The van der Waals surface area contributed by atoms with E-state index < -0.39 is 29.3 Å². The summed E-state index contributed by atoms with van der Waals surface area (Å²) in [5.74, 6) is -3.09.